The summed E-state index contributed by atoms with van der Waals surface area (Å²) in [6, 6.07) is 13.8. The van der Waals surface area contributed by atoms with Gasteiger partial charge in [-0.05, 0) is 42.5 Å². The molecule has 1 aliphatic heterocycles. The number of anilines is 2. The Morgan fingerprint density at radius 2 is 1.96 bits per heavy atom. The molecule has 8 heteroatoms. The van der Waals surface area contributed by atoms with Gasteiger partial charge in [-0.3, -0.25) is 14.4 Å². The fourth-order valence-corrected chi connectivity index (χ4v) is 3.92. The highest BCUT2D eigenvalue weighted by Crippen LogP contribution is 2.30. The molecule has 1 heterocycles. The van der Waals surface area contributed by atoms with Crippen LogP contribution >= 0.6 is 39.3 Å². The molecule has 0 aliphatic carbocycles. The lowest BCUT2D eigenvalue weighted by molar-refractivity contribution is -0.121. The van der Waals surface area contributed by atoms with E-state index in [-0.39, 0.29) is 29.9 Å². The Balaban J connectivity index is 1.59. The van der Waals surface area contributed by atoms with E-state index in [0.29, 0.717) is 16.4 Å². The molecule has 0 radical (unpaired) electrons. The van der Waals surface area contributed by atoms with E-state index in [1.54, 1.807) is 48.5 Å². The predicted molar refractivity (Wildman–Crippen MR) is 108 cm³/mol. The standard InChI is InChI=1S/C18H14BrClN2O3S/c19-11-4-6-14(7-5-11)22-17(24)9-15(18(22)25)26-10-16(23)21-13-3-1-2-12(20)8-13/h1-8,15H,9-10H2,(H,21,23). The highest BCUT2D eigenvalue weighted by atomic mass is 79.9. The molecule has 26 heavy (non-hydrogen) atoms. The summed E-state index contributed by atoms with van der Waals surface area (Å²) in [4.78, 5) is 38.0. The lowest BCUT2D eigenvalue weighted by atomic mass is 10.3. The largest absolute Gasteiger partial charge is 0.325 e. The summed E-state index contributed by atoms with van der Waals surface area (Å²) in [6.45, 7) is 0. The fourth-order valence-electron chi connectivity index (χ4n) is 2.54. The van der Waals surface area contributed by atoms with E-state index in [1.807, 2.05) is 0 Å². The highest BCUT2D eigenvalue weighted by Gasteiger charge is 2.40. The molecule has 1 saturated heterocycles. The summed E-state index contributed by atoms with van der Waals surface area (Å²) in [6.07, 6.45) is 0.0873. The molecule has 0 spiro atoms. The molecule has 2 aromatic carbocycles. The first-order valence-corrected chi connectivity index (χ1v) is 9.95. The third-order valence-electron chi connectivity index (χ3n) is 3.71. The zero-order chi connectivity index (χ0) is 18.7. The van der Waals surface area contributed by atoms with Crippen molar-refractivity contribution in [3.8, 4) is 0 Å². The maximum absolute atomic E-state index is 12.5. The van der Waals surface area contributed by atoms with Crippen molar-refractivity contribution < 1.29 is 14.4 Å². The van der Waals surface area contributed by atoms with Gasteiger partial charge in [-0.1, -0.05) is 33.6 Å². The number of imide groups is 1. The minimum atomic E-state index is -0.559. The first kappa shape index (κ1) is 18.9. The number of hydrogen-bond acceptors (Lipinski definition) is 4. The van der Waals surface area contributed by atoms with Crippen LogP contribution in [0.1, 0.15) is 6.42 Å². The topological polar surface area (TPSA) is 66.5 Å². The molecule has 0 aromatic heterocycles. The van der Waals surface area contributed by atoms with E-state index in [2.05, 4.69) is 21.2 Å². The number of amides is 3. The van der Waals surface area contributed by atoms with Gasteiger partial charge in [0.05, 0.1) is 16.7 Å². The van der Waals surface area contributed by atoms with Crippen molar-refractivity contribution in [1.29, 1.82) is 0 Å². The van der Waals surface area contributed by atoms with E-state index in [1.165, 1.54) is 4.90 Å². The maximum Gasteiger partial charge on any atom is 0.247 e. The SMILES string of the molecule is O=C(CSC1CC(=O)N(c2ccc(Br)cc2)C1=O)Nc1cccc(Cl)c1. The van der Waals surface area contributed by atoms with Crippen LogP contribution in [0.2, 0.25) is 5.02 Å². The molecule has 3 amide bonds. The van der Waals surface area contributed by atoms with Crippen molar-refractivity contribution in [3.63, 3.8) is 0 Å². The normalized spacial score (nSPS) is 16.8. The summed E-state index contributed by atoms with van der Waals surface area (Å²) in [5.74, 6) is -0.729. The molecule has 0 bridgehead atoms. The van der Waals surface area contributed by atoms with Gasteiger partial charge in [0.2, 0.25) is 17.7 Å². The van der Waals surface area contributed by atoms with Crippen LogP contribution in [0.4, 0.5) is 11.4 Å². The molecule has 1 unspecified atom stereocenters. The Bertz CT molecular complexity index is 860. The van der Waals surface area contributed by atoms with Crippen LogP contribution in [0.5, 0.6) is 0 Å². The van der Waals surface area contributed by atoms with Crippen molar-refractivity contribution in [2.75, 3.05) is 16.0 Å². The number of rotatable bonds is 5. The highest BCUT2D eigenvalue weighted by molar-refractivity contribution is 9.10. The molecule has 1 N–H and O–H groups in total. The summed E-state index contributed by atoms with van der Waals surface area (Å²) in [5, 5.41) is 2.69. The van der Waals surface area contributed by atoms with Crippen molar-refractivity contribution >= 4 is 68.4 Å². The second-order valence-corrected chi connectivity index (χ2v) is 8.15. The van der Waals surface area contributed by atoms with Gasteiger partial charge in [-0.2, -0.15) is 0 Å². The molecule has 1 atom stereocenters. The van der Waals surface area contributed by atoms with Crippen molar-refractivity contribution in [2.24, 2.45) is 0 Å². The van der Waals surface area contributed by atoms with Gasteiger partial charge in [-0.25, -0.2) is 4.90 Å². The number of nitrogens with zero attached hydrogens (tertiary/aromatic N) is 1. The van der Waals surface area contributed by atoms with Gasteiger partial charge in [0.25, 0.3) is 0 Å². The van der Waals surface area contributed by atoms with Crippen LogP contribution in [-0.2, 0) is 14.4 Å². The zero-order valence-electron chi connectivity index (χ0n) is 13.4. The molecule has 0 saturated carbocycles. The summed E-state index contributed by atoms with van der Waals surface area (Å²) in [7, 11) is 0. The van der Waals surface area contributed by atoms with Crippen LogP contribution in [0.25, 0.3) is 0 Å². The first-order valence-electron chi connectivity index (χ1n) is 7.73. The second-order valence-electron chi connectivity index (χ2n) is 5.61. The third kappa shape index (κ3) is 4.47. The van der Waals surface area contributed by atoms with Gasteiger partial charge < -0.3 is 5.32 Å². The van der Waals surface area contributed by atoms with Crippen molar-refractivity contribution in [3.05, 3.63) is 58.0 Å². The Morgan fingerprint density at radius 1 is 1.23 bits per heavy atom. The van der Waals surface area contributed by atoms with Crippen LogP contribution < -0.4 is 10.2 Å². The predicted octanol–water partition coefficient (Wildman–Crippen LogP) is 4.11. The Morgan fingerprint density at radius 3 is 2.65 bits per heavy atom. The number of hydrogen-bond donors (Lipinski definition) is 1. The van der Waals surface area contributed by atoms with Gasteiger partial charge in [-0.15, -0.1) is 11.8 Å². The monoisotopic (exact) mass is 452 g/mol. The molecule has 2 aromatic rings. The Labute approximate surface area is 168 Å². The second kappa shape index (κ2) is 8.24. The number of carbonyl (C=O) groups is 3. The number of nitrogens with one attached hydrogen (secondary N) is 1. The van der Waals surface area contributed by atoms with E-state index < -0.39 is 5.25 Å². The molecule has 1 aliphatic rings. The van der Waals surface area contributed by atoms with Crippen LogP contribution in [-0.4, -0.2) is 28.7 Å². The molecular weight excluding hydrogens is 440 g/mol. The van der Waals surface area contributed by atoms with Gasteiger partial charge in [0.15, 0.2) is 0 Å². The van der Waals surface area contributed by atoms with Crippen LogP contribution in [0.3, 0.4) is 0 Å². The van der Waals surface area contributed by atoms with E-state index in [0.717, 1.165) is 16.2 Å². The smallest absolute Gasteiger partial charge is 0.247 e. The van der Waals surface area contributed by atoms with Crippen molar-refractivity contribution in [2.45, 2.75) is 11.7 Å². The molecule has 1 fully saturated rings. The van der Waals surface area contributed by atoms with Crippen LogP contribution in [0, 0.1) is 0 Å². The average Bonchev–Trinajstić information content (AvgIpc) is 2.88. The minimum Gasteiger partial charge on any atom is -0.325 e. The lowest BCUT2D eigenvalue weighted by Gasteiger charge is -2.15. The summed E-state index contributed by atoms with van der Waals surface area (Å²) >= 11 is 10.4. The van der Waals surface area contributed by atoms with Crippen molar-refractivity contribution in [1.82, 2.24) is 0 Å². The van der Waals surface area contributed by atoms with Crippen LogP contribution in [0.15, 0.2) is 53.0 Å². The number of benzene rings is 2. The maximum atomic E-state index is 12.5. The molecule has 3 rings (SSSR count). The molecule has 134 valence electrons. The summed E-state index contributed by atoms with van der Waals surface area (Å²) in [5.41, 5.74) is 1.13. The third-order valence-corrected chi connectivity index (χ3v) is 5.68. The number of thioether (sulfide) groups is 1. The van der Waals surface area contributed by atoms with E-state index >= 15 is 0 Å². The zero-order valence-corrected chi connectivity index (χ0v) is 16.6. The van der Waals surface area contributed by atoms with E-state index in [4.69, 9.17) is 11.6 Å². The number of halogens is 2. The van der Waals surface area contributed by atoms with Gasteiger partial charge in [0, 0.05) is 21.6 Å². The number of carbonyl (C=O) groups excluding carboxylic acids is 3. The lowest BCUT2D eigenvalue weighted by Crippen LogP contribution is -2.31. The minimum absolute atomic E-state index is 0.0738. The fraction of sp³-hybridized carbons (Fsp3) is 0.167. The molecule has 5 nitrogen and oxygen atoms in total. The first-order chi connectivity index (χ1) is 12.4. The Kier molecular flexibility index (Phi) is 6.01. The molecular formula is C18H14BrClN2O3S. The van der Waals surface area contributed by atoms with E-state index in [9.17, 15) is 14.4 Å². The van der Waals surface area contributed by atoms with Gasteiger partial charge >= 0.3 is 0 Å². The quantitative estimate of drug-likeness (QED) is 0.692. The van der Waals surface area contributed by atoms with Gasteiger partial charge in [0.1, 0.15) is 0 Å². The average molecular weight is 454 g/mol. The Hall–Kier alpha value is -1.83. The summed E-state index contributed by atoms with van der Waals surface area (Å²) < 4.78 is 0.865.